The number of hydroxylamine groups is 2. The van der Waals surface area contributed by atoms with E-state index in [9.17, 15) is 9.59 Å². The molecule has 0 unspecified atom stereocenters. The van der Waals surface area contributed by atoms with Gasteiger partial charge in [-0.05, 0) is 31.5 Å². The van der Waals surface area contributed by atoms with Crippen LogP contribution in [0.5, 0.6) is 0 Å². The molecular formula is C14H18N2O3. The predicted molar refractivity (Wildman–Crippen MR) is 70.4 cm³/mol. The van der Waals surface area contributed by atoms with Crippen LogP contribution in [0.2, 0.25) is 0 Å². The second kappa shape index (κ2) is 6.45. The zero-order valence-corrected chi connectivity index (χ0v) is 10.8. The molecule has 0 saturated carbocycles. The van der Waals surface area contributed by atoms with E-state index in [1.807, 2.05) is 0 Å². The Kier molecular flexibility index (Phi) is 4.65. The van der Waals surface area contributed by atoms with Gasteiger partial charge in [0.1, 0.15) is 0 Å². The van der Waals surface area contributed by atoms with Crippen molar-refractivity contribution in [3.05, 3.63) is 35.4 Å². The minimum Gasteiger partial charge on any atom is -0.330 e. The number of nitrogens with zero attached hydrogens (tertiary/aromatic N) is 1. The van der Waals surface area contributed by atoms with Gasteiger partial charge in [0.15, 0.2) is 0 Å². The molecular weight excluding hydrogens is 244 g/mol. The largest absolute Gasteiger partial charge is 0.330 e. The molecule has 0 saturated heterocycles. The number of imide groups is 1. The molecule has 19 heavy (non-hydrogen) atoms. The lowest BCUT2D eigenvalue weighted by molar-refractivity contribution is -0.0922. The molecule has 2 N–H and O–H groups in total. The summed E-state index contributed by atoms with van der Waals surface area (Å²) in [5.41, 5.74) is 6.22. The Morgan fingerprint density at radius 1 is 0.947 bits per heavy atom. The fraction of sp³-hybridized carbons (Fsp3) is 0.429. The first kappa shape index (κ1) is 13.7. The van der Waals surface area contributed by atoms with E-state index in [4.69, 9.17) is 10.6 Å². The van der Waals surface area contributed by atoms with E-state index >= 15 is 0 Å². The first-order valence-corrected chi connectivity index (χ1v) is 6.56. The second-order valence-corrected chi connectivity index (χ2v) is 4.49. The Morgan fingerprint density at radius 2 is 1.53 bits per heavy atom. The fourth-order valence-electron chi connectivity index (χ4n) is 2.04. The molecule has 0 aliphatic carbocycles. The van der Waals surface area contributed by atoms with E-state index in [-0.39, 0.29) is 11.8 Å². The summed E-state index contributed by atoms with van der Waals surface area (Å²) in [5, 5.41) is 0.869. The Hall–Kier alpha value is -1.72. The topological polar surface area (TPSA) is 72.6 Å². The summed E-state index contributed by atoms with van der Waals surface area (Å²) in [4.78, 5) is 29.2. The first-order valence-electron chi connectivity index (χ1n) is 6.56. The van der Waals surface area contributed by atoms with Crippen molar-refractivity contribution < 1.29 is 14.4 Å². The molecule has 1 aliphatic rings. The second-order valence-electron chi connectivity index (χ2n) is 4.49. The Labute approximate surface area is 112 Å². The van der Waals surface area contributed by atoms with Gasteiger partial charge in [-0.3, -0.25) is 14.4 Å². The van der Waals surface area contributed by atoms with E-state index in [2.05, 4.69) is 0 Å². The zero-order chi connectivity index (χ0) is 13.7. The molecule has 2 rings (SSSR count). The molecule has 1 aromatic rings. The number of unbranched alkanes of at least 4 members (excludes halogenated alkanes) is 3. The van der Waals surface area contributed by atoms with Crippen molar-refractivity contribution in [2.45, 2.75) is 25.7 Å². The van der Waals surface area contributed by atoms with Crippen LogP contribution in [-0.2, 0) is 4.84 Å². The molecule has 0 atom stereocenters. The van der Waals surface area contributed by atoms with Crippen LogP contribution in [0, 0.1) is 0 Å². The van der Waals surface area contributed by atoms with Gasteiger partial charge in [-0.25, -0.2) is 0 Å². The molecule has 0 fully saturated rings. The lowest BCUT2D eigenvalue weighted by atomic mass is 10.1. The molecule has 2 amide bonds. The highest BCUT2D eigenvalue weighted by Crippen LogP contribution is 2.22. The maximum absolute atomic E-state index is 11.9. The van der Waals surface area contributed by atoms with Gasteiger partial charge in [0.2, 0.25) is 0 Å². The Balaban J connectivity index is 1.83. The number of fused-ring (bicyclic) bond motifs is 1. The van der Waals surface area contributed by atoms with Crippen molar-refractivity contribution in [1.29, 1.82) is 0 Å². The van der Waals surface area contributed by atoms with Crippen molar-refractivity contribution in [3.63, 3.8) is 0 Å². The first-order chi connectivity index (χ1) is 9.25. The fourth-order valence-corrected chi connectivity index (χ4v) is 2.04. The summed E-state index contributed by atoms with van der Waals surface area (Å²) in [6, 6.07) is 6.75. The molecule has 5 nitrogen and oxygen atoms in total. The SMILES string of the molecule is NCCCCCCON1C(=O)c2ccccc2C1=O. The highest BCUT2D eigenvalue weighted by molar-refractivity contribution is 6.20. The quantitative estimate of drug-likeness (QED) is 0.600. The van der Waals surface area contributed by atoms with Gasteiger partial charge in [-0.2, -0.15) is 0 Å². The van der Waals surface area contributed by atoms with Gasteiger partial charge in [-0.1, -0.05) is 25.0 Å². The van der Waals surface area contributed by atoms with Crippen molar-refractivity contribution in [2.75, 3.05) is 13.2 Å². The minimum atomic E-state index is -0.373. The molecule has 1 aliphatic heterocycles. The monoisotopic (exact) mass is 262 g/mol. The number of hydrogen-bond acceptors (Lipinski definition) is 4. The maximum Gasteiger partial charge on any atom is 0.285 e. The highest BCUT2D eigenvalue weighted by atomic mass is 16.7. The van der Waals surface area contributed by atoms with Crippen LogP contribution in [0.25, 0.3) is 0 Å². The lowest BCUT2D eigenvalue weighted by Gasteiger charge is -2.12. The highest BCUT2D eigenvalue weighted by Gasteiger charge is 2.36. The van der Waals surface area contributed by atoms with E-state index in [0.29, 0.717) is 24.3 Å². The van der Waals surface area contributed by atoms with Gasteiger partial charge in [-0.15, -0.1) is 5.06 Å². The van der Waals surface area contributed by atoms with Crippen LogP contribution in [-0.4, -0.2) is 30.0 Å². The van der Waals surface area contributed by atoms with Crippen LogP contribution in [0.3, 0.4) is 0 Å². The van der Waals surface area contributed by atoms with Gasteiger partial charge in [0.05, 0.1) is 17.7 Å². The van der Waals surface area contributed by atoms with Crippen LogP contribution >= 0.6 is 0 Å². The van der Waals surface area contributed by atoms with Gasteiger partial charge in [0.25, 0.3) is 11.8 Å². The molecule has 0 aromatic heterocycles. The molecule has 1 heterocycles. The third-order valence-corrected chi connectivity index (χ3v) is 3.08. The van der Waals surface area contributed by atoms with Gasteiger partial charge >= 0.3 is 0 Å². The predicted octanol–water partition coefficient (Wildman–Crippen LogP) is 1.73. The summed E-state index contributed by atoms with van der Waals surface area (Å²) in [7, 11) is 0. The van der Waals surface area contributed by atoms with E-state index in [1.165, 1.54) is 0 Å². The molecule has 1 aromatic carbocycles. The lowest BCUT2D eigenvalue weighted by Crippen LogP contribution is -2.30. The van der Waals surface area contributed by atoms with Crippen LogP contribution in [0.15, 0.2) is 24.3 Å². The minimum absolute atomic E-state index is 0.371. The smallest absolute Gasteiger partial charge is 0.285 e. The number of hydrogen-bond donors (Lipinski definition) is 1. The summed E-state index contributed by atoms with van der Waals surface area (Å²) in [5.74, 6) is -0.745. The van der Waals surface area contributed by atoms with Crippen molar-refractivity contribution in [2.24, 2.45) is 5.73 Å². The molecule has 0 spiro atoms. The number of rotatable bonds is 7. The summed E-state index contributed by atoms with van der Waals surface area (Å²) >= 11 is 0. The molecule has 0 bridgehead atoms. The van der Waals surface area contributed by atoms with Crippen molar-refractivity contribution in [1.82, 2.24) is 5.06 Å². The number of carbonyl (C=O) groups excluding carboxylic acids is 2. The van der Waals surface area contributed by atoms with Gasteiger partial charge in [0, 0.05) is 0 Å². The summed E-state index contributed by atoms with van der Waals surface area (Å²) < 4.78 is 0. The average molecular weight is 262 g/mol. The molecule has 5 heteroatoms. The average Bonchev–Trinajstić information content (AvgIpc) is 2.68. The van der Waals surface area contributed by atoms with Crippen molar-refractivity contribution >= 4 is 11.8 Å². The molecule has 0 radical (unpaired) electrons. The summed E-state index contributed by atoms with van der Waals surface area (Å²) in [6.07, 6.45) is 3.84. The van der Waals surface area contributed by atoms with Crippen LogP contribution in [0.1, 0.15) is 46.4 Å². The van der Waals surface area contributed by atoms with E-state index in [0.717, 1.165) is 30.7 Å². The van der Waals surface area contributed by atoms with Crippen LogP contribution < -0.4 is 5.73 Å². The standard InChI is InChI=1S/C14H18N2O3/c15-9-5-1-2-6-10-19-16-13(17)11-7-3-4-8-12(11)14(16)18/h3-4,7-8H,1-2,5-6,9-10,15H2. The number of nitrogens with two attached hydrogens (primary N) is 1. The maximum atomic E-state index is 11.9. The third kappa shape index (κ3) is 3.00. The number of carbonyl (C=O) groups is 2. The van der Waals surface area contributed by atoms with E-state index in [1.54, 1.807) is 24.3 Å². The Bertz CT molecular complexity index is 439. The zero-order valence-electron chi connectivity index (χ0n) is 10.8. The Morgan fingerprint density at radius 3 is 2.11 bits per heavy atom. The number of amides is 2. The molecule has 102 valence electrons. The summed E-state index contributed by atoms with van der Waals surface area (Å²) in [6.45, 7) is 1.06. The van der Waals surface area contributed by atoms with Gasteiger partial charge < -0.3 is 5.73 Å². The van der Waals surface area contributed by atoms with Crippen LogP contribution in [0.4, 0.5) is 0 Å². The van der Waals surface area contributed by atoms with E-state index < -0.39 is 0 Å². The number of benzene rings is 1. The third-order valence-electron chi connectivity index (χ3n) is 3.08. The van der Waals surface area contributed by atoms with Crippen molar-refractivity contribution in [3.8, 4) is 0 Å². The normalized spacial score (nSPS) is 14.1.